The maximum atomic E-state index is 12.5. The number of ether oxygens (including phenoxy) is 3. The van der Waals surface area contributed by atoms with E-state index in [1.54, 1.807) is 21.0 Å². The zero-order valence-electron chi connectivity index (χ0n) is 15.3. The lowest BCUT2D eigenvalue weighted by molar-refractivity contribution is -0.160. The topological polar surface area (TPSA) is 74.7 Å². The summed E-state index contributed by atoms with van der Waals surface area (Å²) in [5.41, 5.74) is 2.66. The van der Waals surface area contributed by atoms with Crippen LogP contribution in [0.5, 0.6) is 5.88 Å². The van der Waals surface area contributed by atoms with Gasteiger partial charge in [-0.3, -0.25) is 9.59 Å². The predicted molar refractivity (Wildman–Crippen MR) is 95.9 cm³/mol. The quantitative estimate of drug-likeness (QED) is 0.766. The molecule has 1 aliphatic rings. The maximum Gasteiger partial charge on any atom is 0.310 e. The number of fused-ring (bicyclic) bond motifs is 3. The number of hydrogen-bond acceptors (Lipinski definition) is 6. The molecule has 0 amide bonds. The van der Waals surface area contributed by atoms with Crippen LogP contribution in [0.1, 0.15) is 25.0 Å². The molecule has 0 bridgehead atoms. The minimum atomic E-state index is -0.599. The Balaban J connectivity index is 2.12. The molecular formula is C20H23NO5. The zero-order chi connectivity index (χ0) is 18.7. The molecule has 1 aromatic carbocycles. The molecule has 1 aliphatic carbocycles. The third-order valence-corrected chi connectivity index (χ3v) is 4.78. The summed E-state index contributed by atoms with van der Waals surface area (Å²) in [6.07, 6.45) is 0.746. The molecule has 1 aromatic heterocycles. The molecule has 0 aliphatic heterocycles. The fourth-order valence-electron chi connectivity index (χ4n) is 3.63. The van der Waals surface area contributed by atoms with Crippen LogP contribution in [0.15, 0.2) is 24.3 Å². The van der Waals surface area contributed by atoms with E-state index in [0.717, 1.165) is 22.0 Å². The van der Waals surface area contributed by atoms with Gasteiger partial charge in [0.1, 0.15) is 0 Å². The number of carbonyl (C=O) groups is 2. The summed E-state index contributed by atoms with van der Waals surface area (Å²) < 4.78 is 15.9. The highest BCUT2D eigenvalue weighted by molar-refractivity contribution is 5.88. The van der Waals surface area contributed by atoms with Crippen molar-refractivity contribution in [2.75, 3.05) is 20.3 Å². The van der Waals surface area contributed by atoms with Crippen LogP contribution in [0.3, 0.4) is 0 Å². The van der Waals surface area contributed by atoms with Gasteiger partial charge in [0.15, 0.2) is 0 Å². The standard InChI is InChI=1S/C20H23NO5/c1-4-25-19(22)15-10-13-12-8-6-7-9-17(12)21-18(24-3)14(13)11-16(15)20(23)26-5-2/h6-9,15-16H,4-5,10-11H2,1-3H3/t15-,16-/m0/s1. The van der Waals surface area contributed by atoms with E-state index in [2.05, 4.69) is 4.98 Å². The van der Waals surface area contributed by atoms with Crippen molar-refractivity contribution in [3.8, 4) is 5.88 Å². The van der Waals surface area contributed by atoms with E-state index in [-0.39, 0.29) is 25.2 Å². The molecule has 6 nitrogen and oxygen atoms in total. The van der Waals surface area contributed by atoms with Gasteiger partial charge in [0.25, 0.3) is 0 Å². The van der Waals surface area contributed by atoms with Crippen molar-refractivity contribution in [2.45, 2.75) is 26.7 Å². The fraction of sp³-hybridized carbons (Fsp3) is 0.450. The zero-order valence-corrected chi connectivity index (χ0v) is 15.3. The van der Waals surface area contributed by atoms with Gasteiger partial charge in [-0.1, -0.05) is 18.2 Å². The normalized spacial score (nSPS) is 18.9. The minimum Gasteiger partial charge on any atom is -0.481 e. The molecule has 2 atom stereocenters. The average Bonchev–Trinajstić information content (AvgIpc) is 2.66. The third-order valence-electron chi connectivity index (χ3n) is 4.78. The number of para-hydroxylation sites is 1. The monoisotopic (exact) mass is 357 g/mol. The van der Waals surface area contributed by atoms with Gasteiger partial charge in [-0.25, -0.2) is 4.98 Å². The Morgan fingerprint density at radius 1 is 1.00 bits per heavy atom. The van der Waals surface area contributed by atoms with Crippen LogP contribution >= 0.6 is 0 Å². The van der Waals surface area contributed by atoms with Crippen LogP contribution < -0.4 is 4.74 Å². The first-order valence-corrected chi connectivity index (χ1v) is 8.88. The molecule has 2 aromatic rings. The van der Waals surface area contributed by atoms with E-state index < -0.39 is 11.8 Å². The number of nitrogens with zero attached hydrogens (tertiary/aromatic N) is 1. The van der Waals surface area contributed by atoms with Crippen molar-refractivity contribution in [1.82, 2.24) is 4.98 Å². The van der Waals surface area contributed by atoms with E-state index in [0.29, 0.717) is 18.7 Å². The van der Waals surface area contributed by atoms with E-state index in [4.69, 9.17) is 14.2 Å². The minimum absolute atomic E-state index is 0.269. The van der Waals surface area contributed by atoms with Crippen molar-refractivity contribution in [2.24, 2.45) is 11.8 Å². The summed E-state index contributed by atoms with van der Waals surface area (Å²) in [6, 6.07) is 7.74. The number of aromatic nitrogens is 1. The van der Waals surface area contributed by atoms with Gasteiger partial charge in [0, 0.05) is 10.9 Å². The molecule has 26 heavy (non-hydrogen) atoms. The predicted octanol–water partition coefficient (Wildman–Crippen LogP) is 2.70. The molecule has 3 rings (SSSR count). The van der Waals surface area contributed by atoms with Crippen LogP contribution in [-0.2, 0) is 31.9 Å². The second kappa shape index (κ2) is 7.72. The van der Waals surface area contributed by atoms with Crippen molar-refractivity contribution in [1.29, 1.82) is 0 Å². The van der Waals surface area contributed by atoms with E-state index in [9.17, 15) is 9.59 Å². The van der Waals surface area contributed by atoms with Crippen LogP contribution in [0.4, 0.5) is 0 Å². The number of rotatable bonds is 5. The van der Waals surface area contributed by atoms with Gasteiger partial charge < -0.3 is 14.2 Å². The molecule has 0 fully saturated rings. The molecule has 1 heterocycles. The average molecular weight is 357 g/mol. The Bertz CT molecular complexity index is 832. The van der Waals surface area contributed by atoms with Crippen LogP contribution in [0.2, 0.25) is 0 Å². The van der Waals surface area contributed by atoms with Gasteiger partial charge >= 0.3 is 11.9 Å². The molecule has 0 N–H and O–H groups in total. The van der Waals surface area contributed by atoms with Crippen molar-refractivity contribution >= 4 is 22.8 Å². The summed E-state index contributed by atoms with van der Waals surface area (Å²) in [6.45, 7) is 4.06. The van der Waals surface area contributed by atoms with Crippen molar-refractivity contribution in [3.05, 3.63) is 35.4 Å². The summed E-state index contributed by atoms with van der Waals surface area (Å²) in [4.78, 5) is 29.6. The second-order valence-corrected chi connectivity index (χ2v) is 6.22. The number of pyridine rings is 1. The van der Waals surface area contributed by atoms with E-state index in [1.165, 1.54) is 0 Å². The third kappa shape index (κ3) is 3.23. The molecule has 6 heteroatoms. The SMILES string of the molecule is CCOC(=O)[C@H]1Cc2c(OC)nc3ccccc3c2C[C@@H]1C(=O)OCC. The van der Waals surface area contributed by atoms with Gasteiger partial charge in [0.2, 0.25) is 5.88 Å². The Labute approximate surface area is 152 Å². The molecule has 138 valence electrons. The fourth-order valence-corrected chi connectivity index (χ4v) is 3.63. The highest BCUT2D eigenvalue weighted by atomic mass is 16.5. The Hall–Kier alpha value is -2.63. The summed E-state index contributed by atoms with van der Waals surface area (Å²) in [7, 11) is 1.56. The van der Waals surface area contributed by atoms with Crippen molar-refractivity contribution in [3.63, 3.8) is 0 Å². The summed E-state index contributed by atoms with van der Waals surface area (Å²) in [5.74, 6) is -1.42. The lowest BCUT2D eigenvalue weighted by atomic mass is 9.75. The number of esters is 2. The van der Waals surface area contributed by atoms with Crippen LogP contribution in [-0.4, -0.2) is 37.2 Å². The molecule has 0 saturated carbocycles. The Morgan fingerprint density at radius 2 is 1.58 bits per heavy atom. The van der Waals surface area contributed by atoms with Crippen LogP contribution in [0.25, 0.3) is 10.9 Å². The molecule has 0 spiro atoms. The van der Waals surface area contributed by atoms with E-state index in [1.807, 2.05) is 24.3 Å². The maximum absolute atomic E-state index is 12.5. The molecule has 0 radical (unpaired) electrons. The largest absolute Gasteiger partial charge is 0.481 e. The first-order chi connectivity index (χ1) is 12.6. The van der Waals surface area contributed by atoms with Gasteiger partial charge in [0.05, 0.1) is 37.7 Å². The number of hydrogen-bond donors (Lipinski definition) is 0. The lowest BCUT2D eigenvalue weighted by Gasteiger charge is -2.31. The molecule has 0 unspecified atom stereocenters. The van der Waals surface area contributed by atoms with E-state index >= 15 is 0 Å². The van der Waals surface area contributed by atoms with Gasteiger partial charge in [-0.2, -0.15) is 0 Å². The summed E-state index contributed by atoms with van der Waals surface area (Å²) in [5, 5.41) is 0.972. The number of methoxy groups -OCH3 is 1. The number of benzene rings is 1. The number of carbonyl (C=O) groups excluding carboxylic acids is 2. The molecule has 0 saturated heterocycles. The van der Waals surface area contributed by atoms with Crippen molar-refractivity contribution < 1.29 is 23.8 Å². The van der Waals surface area contributed by atoms with Gasteiger partial charge in [-0.15, -0.1) is 0 Å². The highest BCUT2D eigenvalue weighted by Gasteiger charge is 2.41. The molecular weight excluding hydrogens is 334 g/mol. The van der Waals surface area contributed by atoms with Gasteiger partial charge in [-0.05, 0) is 38.3 Å². The highest BCUT2D eigenvalue weighted by Crippen LogP contribution is 2.39. The first kappa shape index (κ1) is 18.2. The smallest absolute Gasteiger partial charge is 0.310 e. The Morgan fingerprint density at radius 3 is 2.15 bits per heavy atom. The first-order valence-electron chi connectivity index (χ1n) is 8.88. The second-order valence-electron chi connectivity index (χ2n) is 6.22. The lowest BCUT2D eigenvalue weighted by Crippen LogP contribution is -2.39. The summed E-state index contributed by atoms with van der Waals surface area (Å²) >= 11 is 0. The van der Waals surface area contributed by atoms with Crippen LogP contribution in [0, 0.1) is 11.8 Å². The Kier molecular flexibility index (Phi) is 5.40.